The average Bonchev–Trinajstić information content (AvgIpc) is 2.45. The SMILES string of the molecule is COc1ccccc1/C=N\N=C/c1ccccc1O. The summed E-state index contributed by atoms with van der Waals surface area (Å²) in [5.74, 6) is 0.919. The van der Waals surface area contributed by atoms with E-state index in [1.165, 1.54) is 6.21 Å². The molecule has 0 saturated heterocycles. The summed E-state index contributed by atoms with van der Waals surface area (Å²) in [7, 11) is 1.61. The number of methoxy groups -OCH3 is 1. The fourth-order valence-electron chi connectivity index (χ4n) is 1.56. The van der Waals surface area contributed by atoms with E-state index < -0.39 is 0 Å². The van der Waals surface area contributed by atoms with Gasteiger partial charge in [-0.1, -0.05) is 24.3 Å². The Bertz CT molecular complexity index is 607. The van der Waals surface area contributed by atoms with Crippen molar-refractivity contribution in [1.82, 2.24) is 0 Å². The molecule has 0 atom stereocenters. The highest BCUT2D eigenvalue weighted by Crippen LogP contribution is 2.15. The van der Waals surface area contributed by atoms with E-state index >= 15 is 0 Å². The van der Waals surface area contributed by atoms with Crippen molar-refractivity contribution in [2.24, 2.45) is 10.2 Å². The molecule has 2 aromatic carbocycles. The summed E-state index contributed by atoms with van der Waals surface area (Å²) in [6.45, 7) is 0. The summed E-state index contributed by atoms with van der Waals surface area (Å²) in [5, 5.41) is 17.4. The van der Waals surface area contributed by atoms with Gasteiger partial charge in [-0.2, -0.15) is 10.2 Å². The molecule has 0 spiro atoms. The monoisotopic (exact) mass is 254 g/mol. The van der Waals surface area contributed by atoms with Gasteiger partial charge < -0.3 is 9.84 Å². The Kier molecular flexibility index (Phi) is 4.29. The van der Waals surface area contributed by atoms with Gasteiger partial charge in [0.15, 0.2) is 0 Å². The van der Waals surface area contributed by atoms with Crippen LogP contribution < -0.4 is 4.74 Å². The maximum Gasteiger partial charge on any atom is 0.127 e. The van der Waals surface area contributed by atoms with Gasteiger partial charge in [0.1, 0.15) is 11.5 Å². The van der Waals surface area contributed by atoms with Crippen molar-refractivity contribution < 1.29 is 9.84 Å². The minimum Gasteiger partial charge on any atom is -0.507 e. The smallest absolute Gasteiger partial charge is 0.127 e. The zero-order valence-corrected chi connectivity index (χ0v) is 10.5. The number of phenols is 1. The molecule has 0 heterocycles. The first-order valence-corrected chi connectivity index (χ1v) is 5.78. The number of hydrogen-bond donors (Lipinski definition) is 1. The van der Waals surface area contributed by atoms with Crippen LogP contribution >= 0.6 is 0 Å². The molecule has 0 saturated carbocycles. The van der Waals surface area contributed by atoms with E-state index in [0.29, 0.717) is 5.56 Å². The van der Waals surface area contributed by atoms with E-state index in [0.717, 1.165) is 11.3 Å². The minimum atomic E-state index is 0.179. The van der Waals surface area contributed by atoms with Gasteiger partial charge in [-0.05, 0) is 24.3 Å². The molecule has 96 valence electrons. The molecule has 2 aromatic rings. The first-order valence-electron chi connectivity index (χ1n) is 5.78. The van der Waals surface area contributed by atoms with Crippen LogP contribution in [-0.2, 0) is 0 Å². The Labute approximate surface area is 111 Å². The third-order valence-corrected chi connectivity index (χ3v) is 2.54. The van der Waals surface area contributed by atoms with Crippen LogP contribution in [0, 0.1) is 0 Å². The van der Waals surface area contributed by atoms with Gasteiger partial charge in [-0.3, -0.25) is 0 Å². The van der Waals surface area contributed by atoms with Crippen molar-refractivity contribution >= 4 is 12.4 Å². The normalized spacial score (nSPS) is 11.2. The Morgan fingerprint density at radius 3 is 2.16 bits per heavy atom. The molecule has 0 amide bonds. The lowest BCUT2D eigenvalue weighted by atomic mass is 10.2. The Balaban J connectivity index is 2.10. The van der Waals surface area contributed by atoms with E-state index in [1.54, 1.807) is 31.5 Å². The molecule has 19 heavy (non-hydrogen) atoms. The molecule has 0 aliphatic rings. The van der Waals surface area contributed by atoms with Gasteiger partial charge in [-0.25, -0.2) is 0 Å². The zero-order valence-electron chi connectivity index (χ0n) is 10.5. The van der Waals surface area contributed by atoms with Crippen molar-refractivity contribution in [2.75, 3.05) is 7.11 Å². The maximum absolute atomic E-state index is 9.55. The van der Waals surface area contributed by atoms with Crippen LogP contribution in [0.3, 0.4) is 0 Å². The van der Waals surface area contributed by atoms with Gasteiger partial charge >= 0.3 is 0 Å². The lowest BCUT2D eigenvalue weighted by molar-refractivity contribution is 0.414. The molecule has 4 heteroatoms. The van der Waals surface area contributed by atoms with E-state index in [-0.39, 0.29) is 5.75 Å². The van der Waals surface area contributed by atoms with Crippen LogP contribution in [0.2, 0.25) is 0 Å². The van der Waals surface area contributed by atoms with E-state index in [2.05, 4.69) is 10.2 Å². The zero-order chi connectivity index (χ0) is 13.5. The summed E-state index contributed by atoms with van der Waals surface area (Å²) in [4.78, 5) is 0. The minimum absolute atomic E-state index is 0.179. The molecule has 0 bridgehead atoms. The second-order valence-corrected chi connectivity index (χ2v) is 3.79. The summed E-state index contributed by atoms with van der Waals surface area (Å²) in [5.41, 5.74) is 1.47. The molecule has 0 aliphatic heterocycles. The van der Waals surface area contributed by atoms with Crippen LogP contribution in [0.15, 0.2) is 58.7 Å². The maximum atomic E-state index is 9.55. The molecule has 0 radical (unpaired) electrons. The predicted molar refractivity (Wildman–Crippen MR) is 76.3 cm³/mol. The summed E-state index contributed by atoms with van der Waals surface area (Å²) < 4.78 is 5.20. The Hall–Kier alpha value is -2.62. The quantitative estimate of drug-likeness (QED) is 0.673. The number of aromatic hydroxyl groups is 1. The van der Waals surface area contributed by atoms with Gasteiger partial charge in [0, 0.05) is 11.1 Å². The summed E-state index contributed by atoms with van der Waals surface area (Å²) >= 11 is 0. The largest absolute Gasteiger partial charge is 0.507 e. The van der Waals surface area contributed by atoms with Crippen LogP contribution in [0.4, 0.5) is 0 Å². The molecule has 1 N–H and O–H groups in total. The van der Waals surface area contributed by atoms with E-state index in [4.69, 9.17) is 4.74 Å². The summed E-state index contributed by atoms with van der Waals surface area (Å²) in [6.07, 6.45) is 3.11. The number of para-hydroxylation sites is 2. The third-order valence-electron chi connectivity index (χ3n) is 2.54. The Morgan fingerprint density at radius 1 is 0.895 bits per heavy atom. The highest BCUT2D eigenvalue weighted by atomic mass is 16.5. The molecular formula is C15H14N2O2. The van der Waals surface area contributed by atoms with E-state index in [9.17, 15) is 5.11 Å². The Morgan fingerprint density at radius 2 is 1.47 bits per heavy atom. The molecule has 2 rings (SSSR count). The van der Waals surface area contributed by atoms with Crippen molar-refractivity contribution in [3.63, 3.8) is 0 Å². The van der Waals surface area contributed by atoms with Crippen molar-refractivity contribution in [3.8, 4) is 11.5 Å². The second kappa shape index (κ2) is 6.35. The fraction of sp³-hybridized carbons (Fsp3) is 0.0667. The molecule has 0 unspecified atom stereocenters. The molecular weight excluding hydrogens is 240 g/mol. The fourth-order valence-corrected chi connectivity index (χ4v) is 1.56. The first kappa shape index (κ1) is 12.8. The van der Waals surface area contributed by atoms with Crippen molar-refractivity contribution in [3.05, 3.63) is 59.7 Å². The van der Waals surface area contributed by atoms with Gasteiger partial charge in [0.05, 0.1) is 19.5 Å². The lowest BCUT2D eigenvalue weighted by Crippen LogP contribution is -1.89. The molecule has 0 aromatic heterocycles. The predicted octanol–water partition coefficient (Wildman–Crippen LogP) is 2.85. The third kappa shape index (κ3) is 3.42. The van der Waals surface area contributed by atoms with Crippen LogP contribution in [0.25, 0.3) is 0 Å². The second-order valence-electron chi connectivity index (χ2n) is 3.79. The van der Waals surface area contributed by atoms with Crippen LogP contribution in [0.1, 0.15) is 11.1 Å². The standard InChI is InChI=1S/C15H14N2O2/c1-19-15-9-5-3-7-13(15)11-17-16-10-12-6-2-4-8-14(12)18/h2-11,18H,1H3/b16-10-,17-11-. The van der Waals surface area contributed by atoms with Gasteiger partial charge in [0.2, 0.25) is 0 Å². The number of benzene rings is 2. The highest BCUT2D eigenvalue weighted by Gasteiger charge is 1.97. The van der Waals surface area contributed by atoms with Crippen LogP contribution in [0.5, 0.6) is 11.5 Å². The first-order chi connectivity index (χ1) is 9.31. The van der Waals surface area contributed by atoms with Gasteiger partial charge in [-0.15, -0.1) is 0 Å². The molecule has 4 nitrogen and oxygen atoms in total. The van der Waals surface area contributed by atoms with Gasteiger partial charge in [0.25, 0.3) is 0 Å². The highest BCUT2D eigenvalue weighted by molar-refractivity contribution is 5.86. The number of phenolic OH excluding ortho intramolecular Hbond substituents is 1. The van der Waals surface area contributed by atoms with E-state index in [1.807, 2.05) is 30.3 Å². The number of nitrogens with zero attached hydrogens (tertiary/aromatic N) is 2. The van der Waals surface area contributed by atoms with Crippen molar-refractivity contribution in [1.29, 1.82) is 0 Å². The topological polar surface area (TPSA) is 54.2 Å². The molecule has 0 aliphatic carbocycles. The number of ether oxygens (including phenoxy) is 1. The van der Waals surface area contributed by atoms with Crippen molar-refractivity contribution in [2.45, 2.75) is 0 Å². The van der Waals surface area contributed by atoms with Crippen LogP contribution in [-0.4, -0.2) is 24.6 Å². The number of hydrogen-bond acceptors (Lipinski definition) is 4. The number of rotatable bonds is 4. The molecule has 0 fully saturated rings. The average molecular weight is 254 g/mol. The lowest BCUT2D eigenvalue weighted by Gasteiger charge is -2.01. The summed E-state index contributed by atoms with van der Waals surface area (Å²) in [6, 6.07) is 14.5.